The number of pyridine rings is 1. The molecule has 90 valence electrons. The van der Waals surface area contributed by atoms with Gasteiger partial charge in [-0.15, -0.1) is 0 Å². The lowest BCUT2D eigenvalue weighted by molar-refractivity contribution is 0.780. The summed E-state index contributed by atoms with van der Waals surface area (Å²) in [6, 6.07) is 8.54. The van der Waals surface area contributed by atoms with E-state index in [2.05, 4.69) is 32.8 Å². The summed E-state index contributed by atoms with van der Waals surface area (Å²) >= 11 is 1.72. The van der Waals surface area contributed by atoms with Crippen LogP contribution >= 0.6 is 11.3 Å². The molecule has 0 bridgehead atoms. The first-order valence-electron chi connectivity index (χ1n) is 6.00. The number of thiophene rings is 1. The summed E-state index contributed by atoms with van der Waals surface area (Å²) in [6.07, 6.45) is 4.17. The van der Waals surface area contributed by atoms with E-state index >= 15 is 0 Å². The zero-order valence-electron chi connectivity index (χ0n) is 9.91. The molecular formula is C14H13N3S. The van der Waals surface area contributed by atoms with Crippen LogP contribution in [0.3, 0.4) is 0 Å². The minimum absolute atomic E-state index is 0.589. The number of hydrogen-bond donors (Lipinski definition) is 0. The average molecular weight is 255 g/mol. The smallest absolute Gasteiger partial charge is 0.130 e. The SMILES string of the molecule is N#Cc1ccnc(N(Cc2ccsc2)C2CC2)c1. The molecule has 0 spiro atoms. The van der Waals surface area contributed by atoms with Gasteiger partial charge in [-0.25, -0.2) is 4.98 Å². The van der Waals surface area contributed by atoms with Crippen molar-refractivity contribution in [2.75, 3.05) is 4.90 Å². The van der Waals surface area contributed by atoms with Crippen molar-refractivity contribution in [1.82, 2.24) is 4.98 Å². The molecule has 3 nitrogen and oxygen atoms in total. The molecule has 3 rings (SSSR count). The van der Waals surface area contributed by atoms with E-state index in [9.17, 15) is 0 Å². The van der Waals surface area contributed by atoms with Crippen molar-refractivity contribution in [1.29, 1.82) is 5.26 Å². The fraction of sp³-hybridized carbons (Fsp3) is 0.286. The van der Waals surface area contributed by atoms with E-state index in [1.54, 1.807) is 23.6 Å². The summed E-state index contributed by atoms with van der Waals surface area (Å²) in [4.78, 5) is 6.72. The van der Waals surface area contributed by atoms with Gasteiger partial charge in [0, 0.05) is 18.8 Å². The predicted octanol–water partition coefficient (Wildman–Crippen LogP) is 3.18. The van der Waals surface area contributed by atoms with Gasteiger partial charge in [-0.1, -0.05) is 0 Å². The van der Waals surface area contributed by atoms with E-state index in [0.29, 0.717) is 11.6 Å². The molecule has 1 aliphatic carbocycles. The topological polar surface area (TPSA) is 39.9 Å². The Bertz CT molecular complexity index is 567. The Kier molecular flexibility index (Phi) is 2.99. The van der Waals surface area contributed by atoms with Gasteiger partial charge in [0.05, 0.1) is 11.6 Å². The highest BCUT2D eigenvalue weighted by Crippen LogP contribution is 2.32. The molecule has 4 heteroatoms. The molecule has 2 aromatic rings. The van der Waals surface area contributed by atoms with Crippen molar-refractivity contribution in [2.24, 2.45) is 0 Å². The van der Waals surface area contributed by atoms with E-state index in [0.717, 1.165) is 12.4 Å². The third kappa shape index (κ3) is 2.36. The van der Waals surface area contributed by atoms with Gasteiger partial charge in [-0.2, -0.15) is 16.6 Å². The Hall–Kier alpha value is -1.86. The van der Waals surface area contributed by atoms with Crippen LogP contribution in [0.5, 0.6) is 0 Å². The van der Waals surface area contributed by atoms with Crippen LogP contribution in [0.1, 0.15) is 24.0 Å². The lowest BCUT2D eigenvalue weighted by atomic mass is 10.2. The highest BCUT2D eigenvalue weighted by molar-refractivity contribution is 7.07. The third-order valence-electron chi connectivity index (χ3n) is 3.09. The fourth-order valence-electron chi connectivity index (χ4n) is 2.01. The highest BCUT2D eigenvalue weighted by Gasteiger charge is 2.30. The quantitative estimate of drug-likeness (QED) is 0.842. The lowest BCUT2D eigenvalue weighted by Gasteiger charge is -2.23. The molecule has 1 aliphatic rings. The van der Waals surface area contributed by atoms with Gasteiger partial charge in [0.15, 0.2) is 0 Å². The molecule has 0 unspecified atom stereocenters. The average Bonchev–Trinajstić information content (AvgIpc) is 3.13. The van der Waals surface area contributed by atoms with Gasteiger partial charge in [0.2, 0.25) is 0 Å². The van der Waals surface area contributed by atoms with Crippen molar-refractivity contribution in [3.8, 4) is 6.07 Å². The summed E-state index contributed by atoms with van der Waals surface area (Å²) in [7, 11) is 0. The molecule has 0 radical (unpaired) electrons. The fourth-order valence-corrected chi connectivity index (χ4v) is 2.67. The standard InChI is InChI=1S/C14H13N3S/c15-8-11-3-5-16-14(7-11)17(13-1-2-13)9-12-4-6-18-10-12/h3-7,10,13H,1-2,9H2. The van der Waals surface area contributed by atoms with Gasteiger partial charge in [0.25, 0.3) is 0 Å². The molecule has 0 N–H and O–H groups in total. The largest absolute Gasteiger partial charge is 0.349 e. The Balaban J connectivity index is 1.87. The summed E-state index contributed by atoms with van der Waals surface area (Å²) in [5, 5.41) is 13.2. The van der Waals surface area contributed by atoms with Crippen LogP contribution in [0.2, 0.25) is 0 Å². The van der Waals surface area contributed by atoms with Crippen LogP contribution in [-0.2, 0) is 6.54 Å². The first-order chi connectivity index (χ1) is 8.86. The van der Waals surface area contributed by atoms with Crippen LogP contribution in [0.15, 0.2) is 35.2 Å². The molecule has 0 saturated heterocycles. The molecule has 0 aromatic carbocycles. The van der Waals surface area contributed by atoms with Crippen molar-refractivity contribution in [2.45, 2.75) is 25.4 Å². The van der Waals surface area contributed by atoms with Gasteiger partial charge in [-0.3, -0.25) is 0 Å². The predicted molar refractivity (Wildman–Crippen MR) is 72.5 cm³/mol. The van der Waals surface area contributed by atoms with Crippen molar-refractivity contribution in [3.05, 3.63) is 46.3 Å². The first-order valence-corrected chi connectivity index (χ1v) is 6.95. The van der Waals surface area contributed by atoms with Crippen LogP contribution in [-0.4, -0.2) is 11.0 Å². The minimum Gasteiger partial charge on any atom is -0.349 e. The Morgan fingerprint density at radius 2 is 2.33 bits per heavy atom. The first kappa shape index (κ1) is 11.2. The highest BCUT2D eigenvalue weighted by atomic mass is 32.1. The summed E-state index contributed by atoms with van der Waals surface area (Å²) in [6.45, 7) is 0.885. The van der Waals surface area contributed by atoms with E-state index < -0.39 is 0 Å². The molecule has 1 fully saturated rings. The molecule has 0 atom stereocenters. The molecule has 2 aromatic heterocycles. The third-order valence-corrected chi connectivity index (χ3v) is 3.82. The maximum Gasteiger partial charge on any atom is 0.130 e. The Morgan fingerprint density at radius 1 is 1.44 bits per heavy atom. The Labute approximate surface area is 110 Å². The van der Waals surface area contributed by atoms with Crippen molar-refractivity contribution in [3.63, 3.8) is 0 Å². The summed E-state index contributed by atoms with van der Waals surface area (Å²) < 4.78 is 0. The van der Waals surface area contributed by atoms with Gasteiger partial charge < -0.3 is 4.90 Å². The molecule has 0 aliphatic heterocycles. The second-order valence-electron chi connectivity index (χ2n) is 4.51. The number of rotatable bonds is 4. The maximum absolute atomic E-state index is 8.96. The zero-order chi connectivity index (χ0) is 12.4. The Morgan fingerprint density at radius 3 is 3.00 bits per heavy atom. The second kappa shape index (κ2) is 4.79. The normalized spacial score (nSPS) is 14.2. The number of hydrogen-bond acceptors (Lipinski definition) is 4. The molecule has 1 saturated carbocycles. The summed E-state index contributed by atoms with van der Waals surface area (Å²) in [5.74, 6) is 0.919. The van der Waals surface area contributed by atoms with Crippen LogP contribution in [0.4, 0.5) is 5.82 Å². The van der Waals surface area contributed by atoms with Gasteiger partial charge >= 0.3 is 0 Å². The lowest BCUT2D eigenvalue weighted by Crippen LogP contribution is -2.25. The number of nitriles is 1. The van der Waals surface area contributed by atoms with Crippen molar-refractivity contribution >= 4 is 17.2 Å². The second-order valence-corrected chi connectivity index (χ2v) is 5.29. The van der Waals surface area contributed by atoms with Crippen LogP contribution in [0.25, 0.3) is 0 Å². The minimum atomic E-state index is 0.589. The summed E-state index contributed by atoms with van der Waals surface area (Å²) in [5.41, 5.74) is 1.99. The van der Waals surface area contributed by atoms with Crippen LogP contribution in [0, 0.1) is 11.3 Å². The molecule has 2 heterocycles. The van der Waals surface area contributed by atoms with Crippen LogP contribution < -0.4 is 4.90 Å². The maximum atomic E-state index is 8.96. The number of aromatic nitrogens is 1. The van der Waals surface area contributed by atoms with Gasteiger partial charge in [0.1, 0.15) is 5.82 Å². The molecule has 18 heavy (non-hydrogen) atoms. The van der Waals surface area contributed by atoms with E-state index in [4.69, 9.17) is 5.26 Å². The van der Waals surface area contributed by atoms with Crippen molar-refractivity contribution < 1.29 is 0 Å². The van der Waals surface area contributed by atoms with E-state index in [-0.39, 0.29) is 0 Å². The molecular weight excluding hydrogens is 242 g/mol. The number of nitrogens with zero attached hydrogens (tertiary/aromatic N) is 3. The van der Waals surface area contributed by atoms with Gasteiger partial charge in [-0.05, 0) is 47.4 Å². The molecule has 0 amide bonds. The zero-order valence-corrected chi connectivity index (χ0v) is 10.7. The number of anilines is 1. The van der Waals surface area contributed by atoms with E-state index in [1.807, 2.05) is 6.07 Å². The van der Waals surface area contributed by atoms with E-state index in [1.165, 1.54) is 18.4 Å². The monoisotopic (exact) mass is 255 g/mol.